The highest BCUT2D eigenvalue weighted by Crippen LogP contribution is 2.50. The summed E-state index contributed by atoms with van der Waals surface area (Å²) in [4.78, 5) is 23.1. The highest BCUT2D eigenvalue weighted by molar-refractivity contribution is 7.99. The maximum Gasteiger partial charge on any atom is 0.335 e. The Morgan fingerprint density at radius 3 is 2.73 bits per heavy atom. The second-order valence-corrected chi connectivity index (χ2v) is 5.58. The van der Waals surface area contributed by atoms with Crippen molar-refractivity contribution >= 4 is 34.8 Å². The summed E-state index contributed by atoms with van der Waals surface area (Å²) in [6.07, 6.45) is 0. The fraction of sp³-hybridized carbons (Fsp3) is 0.0714. The minimum Gasteiger partial charge on any atom is -0.495 e. The molecular formula is C14H10N2O5S. The van der Waals surface area contributed by atoms with Crippen LogP contribution in [0.15, 0.2) is 40.1 Å². The lowest BCUT2D eigenvalue weighted by atomic mass is 10.1. The van der Waals surface area contributed by atoms with Gasteiger partial charge in [-0.05, 0) is 18.2 Å². The van der Waals surface area contributed by atoms with Crippen LogP contribution in [0.1, 0.15) is 10.4 Å². The molecule has 2 N–H and O–H groups in total. The summed E-state index contributed by atoms with van der Waals surface area (Å²) in [5.41, 5.74) is 0.510. The van der Waals surface area contributed by atoms with Gasteiger partial charge in [0.1, 0.15) is 11.4 Å². The van der Waals surface area contributed by atoms with Crippen LogP contribution in [0, 0.1) is 10.1 Å². The third kappa shape index (κ3) is 2.23. The molecule has 1 heterocycles. The van der Waals surface area contributed by atoms with E-state index in [0.29, 0.717) is 16.3 Å². The van der Waals surface area contributed by atoms with Crippen LogP contribution in [-0.4, -0.2) is 23.1 Å². The minimum absolute atomic E-state index is 0.119. The lowest BCUT2D eigenvalue weighted by Gasteiger charge is -2.22. The molecule has 2 aromatic carbocycles. The number of carboxylic acid groups (broad SMARTS) is 1. The summed E-state index contributed by atoms with van der Waals surface area (Å²) in [6, 6.07) is 7.85. The number of nitrogens with zero attached hydrogens (tertiary/aromatic N) is 1. The Morgan fingerprint density at radius 2 is 2.09 bits per heavy atom. The van der Waals surface area contributed by atoms with Crippen molar-refractivity contribution in [2.45, 2.75) is 9.79 Å². The van der Waals surface area contributed by atoms with Crippen molar-refractivity contribution < 1.29 is 19.6 Å². The molecule has 8 heteroatoms. The molecule has 112 valence electrons. The molecule has 0 spiro atoms. The van der Waals surface area contributed by atoms with Gasteiger partial charge in [-0.2, -0.15) is 0 Å². The van der Waals surface area contributed by atoms with E-state index in [-0.39, 0.29) is 16.9 Å². The number of hydrogen-bond donors (Lipinski definition) is 2. The average Bonchev–Trinajstić information content (AvgIpc) is 2.50. The molecule has 7 nitrogen and oxygen atoms in total. The highest BCUT2D eigenvalue weighted by Gasteiger charge is 2.28. The summed E-state index contributed by atoms with van der Waals surface area (Å²) in [6.45, 7) is 0. The van der Waals surface area contributed by atoms with E-state index in [9.17, 15) is 14.9 Å². The lowest BCUT2D eigenvalue weighted by Crippen LogP contribution is -2.07. The van der Waals surface area contributed by atoms with Gasteiger partial charge < -0.3 is 15.2 Å². The second kappa shape index (κ2) is 5.23. The predicted octanol–water partition coefficient (Wildman–Crippen LogP) is 3.51. The summed E-state index contributed by atoms with van der Waals surface area (Å²) < 4.78 is 5.25. The summed E-state index contributed by atoms with van der Waals surface area (Å²) in [5, 5.41) is 23.3. The maximum atomic E-state index is 11.2. The van der Waals surface area contributed by atoms with Crippen LogP contribution in [-0.2, 0) is 0 Å². The van der Waals surface area contributed by atoms with Crippen LogP contribution in [0.3, 0.4) is 0 Å². The minimum atomic E-state index is -1.21. The number of carbonyl (C=O) groups is 1. The summed E-state index contributed by atoms with van der Waals surface area (Å²) >= 11 is 1.26. The van der Waals surface area contributed by atoms with Gasteiger partial charge in [0, 0.05) is 15.9 Å². The number of hydrogen-bond acceptors (Lipinski definition) is 6. The first-order chi connectivity index (χ1) is 10.5. The molecule has 22 heavy (non-hydrogen) atoms. The van der Waals surface area contributed by atoms with Crippen molar-refractivity contribution in [2.75, 3.05) is 12.4 Å². The van der Waals surface area contributed by atoms with Gasteiger partial charge >= 0.3 is 5.97 Å². The van der Waals surface area contributed by atoms with E-state index >= 15 is 0 Å². The van der Waals surface area contributed by atoms with Gasteiger partial charge in [0.05, 0.1) is 23.3 Å². The SMILES string of the molecule is COc1cccc2c1Nc1c(cc(C(=O)O)cc1[N+](=O)[O-])S2. The third-order valence-electron chi connectivity index (χ3n) is 3.20. The van der Waals surface area contributed by atoms with Gasteiger partial charge in [0.25, 0.3) is 5.69 Å². The zero-order chi connectivity index (χ0) is 15.9. The van der Waals surface area contributed by atoms with Crippen molar-refractivity contribution in [1.82, 2.24) is 0 Å². The van der Waals surface area contributed by atoms with Gasteiger partial charge in [-0.1, -0.05) is 17.8 Å². The van der Waals surface area contributed by atoms with Crippen molar-refractivity contribution in [3.05, 3.63) is 46.0 Å². The third-order valence-corrected chi connectivity index (χ3v) is 4.30. The highest BCUT2D eigenvalue weighted by atomic mass is 32.2. The zero-order valence-electron chi connectivity index (χ0n) is 11.3. The monoisotopic (exact) mass is 318 g/mol. The number of aromatic carboxylic acids is 1. The first kappa shape index (κ1) is 14.2. The molecule has 0 amide bonds. The Bertz CT molecular complexity index is 806. The average molecular weight is 318 g/mol. The van der Waals surface area contributed by atoms with Crippen molar-refractivity contribution in [3.8, 4) is 5.75 Å². The molecule has 0 unspecified atom stereocenters. The topological polar surface area (TPSA) is 102 Å². The smallest absolute Gasteiger partial charge is 0.335 e. The Hall–Kier alpha value is -2.74. The molecule has 0 atom stereocenters. The van der Waals surface area contributed by atoms with E-state index in [4.69, 9.17) is 9.84 Å². The van der Waals surface area contributed by atoms with Crippen LogP contribution < -0.4 is 10.1 Å². The Kier molecular flexibility index (Phi) is 3.38. The van der Waals surface area contributed by atoms with Crippen LogP contribution in [0.5, 0.6) is 5.75 Å². The maximum absolute atomic E-state index is 11.2. The molecule has 1 aliphatic heterocycles. The first-order valence-corrected chi connectivity index (χ1v) is 7.00. The van der Waals surface area contributed by atoms with E-state index in [0.717, 1.165) is 11.0 Å². The first-order valence-electron chi connectivity index (χ1n) is 6.19. The van der Waals surface area contributed by atoms with E-state index < -0.39 is 10.9 Å². The number of fused-ring (bicyclic) bond motifs is 2. The number of benzene rings is 2. The Labute approximate surface area is 129 Å². The van der Waals surface area contributed by atoms with Gasteiger partial charge in [0.15, 0.2) is 0 Å². The van der Waals surface area contributed by atoms with Crippen molar-refractivity contribution in [2.24, 2.45) is 0 Å². The van der Waals surface area contributed by atoms with Crippen molar-refractivity contribution in [3.63, 3.8) is 0 Å². The number of anilines is 2. The Morgan fingerprint density at radius 1 is 1.32 bits per heavy atom. The second-order valence-electron chi connectivity index (χ2n) is 4.49. The van der Waals surface area contributed by atoms with Gasteiger partial charge in [-0.3, -0.25) is 10.1 Å². The molecule has 0 fully saturated rings. The number of nitro groups is 1. The number of rotatable bonds is 3. The number of para-hydroxylation sites is 1. The Balaban J connectivity index is 2.19. The number of methoxy groups -OCH3 is 1. The molecule has 0 saturated heterocycles. The van der Waals surface area contributed by atoms with Gasteiger partial charge in [0.2, 0.25) is 0 Å². The van der Waals surface area contributed by atoms with E-state index in [1.165, 1.54) is 24.9 Å². The van der Waals surface area contributed by atoms with Gasteiger partial charge in [-0.25, -0.2) is 4.79 Å². The number of nitrogens with one attached hydrogen (secondary N) is 1. The fourth-order valence-electron chi connectivity index (χ4n) is 2.21. The number of carboxylic acids is 1. The molecule has 0 radical (unpaired) electrons. The largest absolute Gasteiger partial charge is 0.495 e. The quantitative estimate of drug-likeness (QED) is 0.562. The molecular weight excluding hydrogens is 308 g/mol. The van der Waals surface area contributed by atoms with Crippen molar-refractivity contribution in [1.29, 1.82) is 0 Å². The summed E-state index contributed by atoms with van der Waals surface area (Å²) in [7, 11) is 1.51. The predicted molar refractivity (Wildman–Crippen MR) is 80.5 cm³/mol. The van der Waals surface area contributed by atoms with Crippen LogP contribution >= 0.6 is 11.8 Å². The molecule has 0 bridgehead atoms. The standard InChI is InChI=1S/C14H10N2O5S/c1-21-9-3-2-4-10-13(9)15-12-8(16(19)20)5-7(14(17)18)6-11(12)22-10/h2-6,15H,1H3,(H,17,18). The zero-order valence-corrected chi connectivity index (χ0v) is 12.1. The molecule has 2 aromatic rings. The van der Waals surface area contributed by atoms with Crippen LogP contribution in [0.4, 0.5) is 17.1 Å². The molecule has 0 aromatic heterocycles. The number of ether oxygens (including phenoxy) is 1. The fourth-order valence-corrected chi connectivity index (χ4v) is 3.29. The van der Waals surface area contributed by atoms with E-state index in [2.05, 4.69) is 5.32 Å². The molecule has 1 aliphatic rings. The van der Waals surface area contributed by atoms with E-state index in [1.807, 2.05) is 6.07 Å². The van der Waals surface area contributed by atoms with Crippen LogP contribution in [0.2, 0.25) is 0 Å². The number of nitro benzene ring substituents is 1. The summed E-state index contributed by atoms with van der Waals surface area (Å²) in [5.74, 6) is -0.643. The normalized spacial score (nSPS) is 11.9. The molecule has 3 rings (SSSR count). The van der Waals surface area contributed by atoms with E-state index in [1.54, 1.807) is 12.1 Å². The molecule has 0 aliphatic carbocycles. The molecule has 0 saturated carbocycles. The van der Waals surface area contributed by atoms with Gasteiger partial charge in [-0.15, -0.1) is 0 Å². The lowest BCUT2D eigenvalue weighted by molar-refractivity contribution is -0.384. The van der Waals surface area contributed by atoms with Crippen LogP contribution in [0.25, 0.3) is 0 Å².